The van der Waals surface area contributed by atoms with Crippen molar-refractivity contribution in [2.24, 2.45) is 0 Å². The minimum atomic E-state index is -3.91. The van der Waals surface area contributed by atoms with E-state index >= 15 is 0 Å². The molecule has 0 saturated carbocycles. The topological polar surface area (TPSA) is 92.5 Å². The molecule has 1 heterocycles. The average molecular weight is 366 g/mol. The Morgan fingerprint density at radius 1 is 1.40 bits per heavy atom. The van der Waals surface area contributed by atoms with Crippen molar-refractivity contribution >= 4 is 37.5 Å². The molecule has 0 spiro atoms. The molecule has 1 aliphatic rings. The molecule has 0 bridgehead atoms. The zero-order valence-corrected chi connectivity index (χ0v) is 12.8. The van der Waals surface area contributed by atoms with Gasteiger partial charge in [-0.05, 0) is 34.5 Å². The van der Waals surface area contributed by atoms with Gasteiger partial charge in [0.25, 0.3) is 0 Å². The maximum Gasteiger partial charge on any atom is 0.244 e. The van der Waals surface area contributed by atoms with Crippen LogP contribution in [0.3, 0.4) is 0 Å². The van der Waals surface area contributed by atoms with Gasteiger partial charge in [-0.1, -0.05) is 0 Å². The molecule has 1 aromatic carbocycles. The Kier molecular flexibility index (Phi) is 4.31. The number of amides is 1. The van der Waals surface area contributed by atoms with Gasteiger partial charge in [0.15, 0.2) is 0 Å². The largest absolute Gasteiger partial charge is 0.396 e. The van der Waals surface area contributed by atoms with Crippen molar-refractivity contribution in [3.63, 3.8) is 0 Å². The Hall–Kier alpha value is -1.19. The van der Waals surface area contributed by atoms with E-state index in [2.05, 4.69) is 21.2 Å². The molecule has 9 heteroatoms. The minimum absolute atomic E-state index is 0.0776. The smallest absolute Gasteiger partial charge is 0.244 e. The van der Waals surface area contributed by atoms with Crippen molar-refractivity contribution in [3.05, 3.63) is 22.4 Å². The Morgan fingerprint density at radius 3 is 2.80 bits per heavy atom. The first-order valence-corrected chi connectivity index (χ1v) is 8.07. The fourth-order valence-electron chi connectivity index (χ4n) is 1.87. The van der Waals surface area contributed by atoms with E-state index in [1.165, 1.54) is 0 Å². The van der Waals surface area contributed by atoms with E-state index in [4.69, 9.17) is 5.73 Å². The van der Waals surface area contributed by atoms with Crippen molar-refractivity contribution in [2.45, 2.75) is 11.3 Å². The standard InChI is InChI=1S/C11H13BrFN3O3S/c12-7-4-8(13)9(14)5-10(7)20(18,19)16-3-1-2-15-11(17)6-16/h4-5H,1-3,6,14H2,(H,15,17). The summed E-state index contributed by atoms with van der Waals surface area (Å²) in [6, 6.07) is 2.05. The summed E-state index contributed by atoms with van der Waals surface area (Å²) in [6.07, 6.45) is 0.513. The highest BCUT2D eigenvalue weighted by atomic mass is 79.9. The van der Waals surface area contributed by atoms with E-state index in [-0.39, 0.29) is 34.1 Å². The molecule has 0 aliphatic carbocycles. The fraction of sp³-hybridized carbons (Fsp3) is 0.364. The summed E-state index contributed by atoms with van der Waals surface area (Å²) >= 11 is 3.02. The molecule has 0 unspecified atom stereocenters. The van der Waals surface area contributed by atoms with Gasteiger partial charge in [-0.2, -0.15) is 4.31 Å². The molecule has 0 radical (unpaired) electrons. The van der Waals surface area contributed by atoms with Gasteiger partial charge in [0.1, 0.15) is 5.82 Å². The van der Waals surface area contributed by atoms with Crippen LogP contribution in [0.5, 0.6) is 0 Å². The number of sulfonamides is 1. The number of carbonyl (C=O) groups is 1. The van der Waals surface area contributed by atoms with Crippen molar-refractivity contribution < 1.29 is 17.6 Å². The first kappa shape index (κ1) is 15.2. The molecule has 110 valence electrons. The van der Waals surface area contributed by atoms with E-state index in [0.717, 1.165) is 16.4 Å². The zero-order valence-electron chi connectivity index (χ0n) is 10.4. The van der Waals surface area contributed by atoms with Crippen molar-refractivity contribution in [1.82, 2.24) is 9.62 Å². The summed E-state index contributed by atoms with van der Waals surface area (Å²) < 4.78 is 39.4. The van der Waals surface area contributed by atoms with E-state index in [1.54, 1.807) is 0 Å². The Balaban J connectivity index is 2.44. The Labute approximate surface area is 124 Å². The normalized spacial score (nSPS) is 17.6. The number of rotatable bonds is 2. The summed E-state index contributed by atoms with van der Waals surface area (Å²) in [4.78, 5) is 11.3. The fourth-order valence-corrected chi connectivity index (χ4v) is 4.31. The lowest BCUT2D eigenvalue weighted by molar-refractivity contribution is -0.120. The first-order valence-electron chi connectivity index (χ1n) is 5.84. The van der Waals surface area contributed by atoms with Crippen LogP contribution in [0.1, 0.15) is 6.42 Å². The molecule has 0 atom stereocenters. The van der Waals surface area contributed by atoms with Crippen molar-refractivity contribution in [3.8, 4) is 0 Å². The van der Waals surface area contributed by atoms with Gasteiger partial charge >= 0.3 is 0 Å². The lowest BCUT2D eigenvalue weighted by atomic mass is 10.3. The molecular formula is C11H13BrFN3O3S. The number of nitrogens with one attached hydrogen (secondary N) is 1. The van der Waals surface area contributed by atoms with Crippen molar-refractivity contribution in [2.75, 3.05) is 25.4 Å². The SMILES string of the molecule is Nc1cc(S(=O)(=O)N2CCCNC(=O)C2)c(Br)cc1F. The third-order valence-corrected chi connectivity index (χ3v) is 5.70. The van der Waals surface area contributed by atoms with Gasteiger partial charge in [0, 0.05) is 17.6 Å². The highest BCUT2D eigenvalue weighted by Gasteiger charge is 2.30. The number of nitrogens with zero attached hydrogens (tertiary/aromatic N) is 1. The summed E-state index contributed by atoms with van der Waals surface area (Å²) in [5.74, 6) is -1.07. The van der Waals surface area contributed by atoms with E-state index < -0.39 is 15.8 Å². The molecular weight excluding hydrogens is 353 g/mol. The molecule has 2 rings (SSSR count). The maximum atomic E-state index is 13.3. The number of anilines is 1. The average Bonchev–Trinajstić information content (AvgIpc) is 2.58. The number of carbonyl (C=O) groups excluding carboxylic acids is 1. The van der Waals surface area contributed by atoms with E-state index in [0.29, 0.717) is 13.0 Å². The van der Waals surface area contributed by atoms with Gasteiger partial charge in [-0.25, -0.2) is 12.8 Å². The Morgan fingerprint density at radius 2 is 2.10 bits per heavy atom. The summed E-state index contributed by atoms with van der Waals surface area (Å²) in [7, 11) is -3.91. The lowest BCUT2D eigenvalue weighted by Crippen LogP contribution is -2.37. The van der Waals surface area contributed by atoms with Crippen LogP contribution in [-0.4, -0.2) is 38.3 Å². The monoisotopic (exact) mass is 365 g/mol. The highest BCUT2D eigenvalue weighted by molar-refractivity contribution is 9.10. The lowest BCUT2D eigenvalue weighted by Gasteiger charge is -2.20. The van der Waals surface area contributed by atoms with Gasteiger partial charge in [-0.3, -0.25) is 4.79 Å². The van der Waals surface area contributed by atoms with Gasteiger partial charge in [-0.15, -0.1) is 0 Å². The number of nitrogen functional groups attached to an aromatic ring is 1. The number of nitrogens with two attached hydrogens (primary N) is 1. The van der Waals surface area contributed by atoms with Crippen LogP contribution in [0, 0.1) is 5.82 Å². The summed E-state index contributed by atoms with van der Waals surface area (Å²) in [6.45, 7) is 0.383. The highest BCUT2D eigenvalue weighted by Crippen LogP contribution is 2.29. The maximum absolute atomic E-state index is 13.3. The van der Waals surface area contributed by atoms with Crippen LogP contribution >= 0.6 is 15.9 Å². The second-order valence-electron chi connectivity index (χ2n) is 4.35. The molecule has 3 N–H and O–H groups in total. The first-order chi connectivity index (χ1) is 9.32. The van der Waals surface area contributed by atoms with E-state index in [1.807, 2.05) is 0 Å². The molecule has 0 aromatic heterocycles. The Bertz CT molecular complexity index is 651. The van der Waals surface area contributed by atoms with Crippen LogP contribution in [0.15, 0.2) is 21.5 Å². The van der Waals surface area contributed by atoms with Gasteiger partial charge in [0.05, 0.1) is 17.1 Å². The van der Waals surface area contributed by atoms with Crippen LogP contribution < -0.4 is 11.1 Å². The molecule has 1 aliphatic heterocycles. The number of hydrogen-bond acceptors (Lipinski definition) is 4. The predicted molar refractivity (Wildman–Crippen MR) is 74.9 cm³/mol. The second kappa shape index (κ2) is 5.66. The quantitative estimate of drug-likeness (QED) is 0.753. The third kappa shape index (κ3) is 2.94. The third-order valence-electron chi connectivity index (χ3n) is 2.90. The molecule has 1 aromatic rings. The van der Waals surface area contributed by atoms with Crippen LogP contribution in [0.4, 0.5) is 10.1 Å². The molecule has 20 heavy (non-hydrogen) atoms. The number of halogens is 2. The van der Waals surface area contributed by atoms with Crippen molar-refractivity contribution in [1.29, 1.82) is 0 Å². The molecule has 1 saturated heterocycles. The zero-order chi connectivity index (χ0) is 14.9. The molecule has 6 nitrogen and oxygen atoms in total. The minimum Gasteiger partial charge on any atom is -0.396 e. The van der Waals surface area contributed by atoms with Crippen LogP contribution in [-0.2, 0) is 14.8 Å². The molecule has 1 amide bonds. The van der Waals surface area contributed by atoms with E-state index in [9.17, 15) is 17.6 Å². The van der Waals surface area contributed by atoms with Gasteiger partial charge in [0.2, 0.25) is 15.9 Å². The predicted octanol–water partition coefficient (Wildman–Crippen LogP) is 0.681. The van der Waals surface area contributed by atoms with Gasteiger partial charge < -0.3 is 11.1 Å². The summed E-state index contributed by atoms with van der Waals surface area (Å²) in [5, 5.41) is 2.59. The number of hydrogen-bond donors (Lipinski definition) is 2. The van der Waals surface area contributed by atoms with Crippen LogP contribution in [0.25, 0.3) is 0 Å². The second-order valence-corrected chi connectivity index (χ2v) is 7.11. The van der Waals surface area contributed by atoms with Crippen LogP contribution in [0.2, 0.25) is 0 Å². The summed E-state index contributed by atoms with van der Waals surface area (Å²) in [5.41, 5.74) is 5.16. The molecule has 1 fully saturated rings. The number of benzene rings is 1.